The molecule has 1 atom stereocenters. The topological polar surface area (TPSA) is 116 Å². The van der Waals surface area contributed by atoms with E-state index in [0.717, 1.165) is 23.5 Å². The van der Waals surface area contributed by atoms with Gasteiger partial charge in [0.1, 0.15) is 11.2 Å². The van der Waals surface area contributed by atoms with E-state index < -0.39 is 40.6 Å². The molecule has 2 aromatic rings. The number of anilines is 1. The van der Waals surface area contributed by atoms with Crippen molar-refractivity contribution in [3.63, 3.8) is 0 Å². The molecule has 0 saturated carbocycles. The van der Waals surface area contributed by atoms with E-state index in [1.54, 1.807) is 32.3 Å². The lowest BCUT2D eigenvalue weighted by molar-refractivity contribution is -0.155. The van der Waals surface area contributed by atoms with Gasteiger partial charge in [0, 0.05) is 23.6 Å². The molecule has 2 rings (SSSR count). The van der Waals surface area contributed by atoms with E-state index in [2.05, 4.69) is 10.3 Å². The number of benzene rings is 1. The molecule has 0 aliphatic heterocycles. The number of rotatable bonds is 7. The van der Waals surface area contributed by atoms with Crippen molar-refractivity contribution >= 4 is 47.2 Å². The van der Waals surface area contributed by atoms with Gasteiger partial charge < -0.3 is 15.8 Å². The van der Waals surface area contributed by atoms with Crippen LogP contribution < -0.4 is 15.9 Å². The van der Waals surface area contributed by atoms with Gasteiger partial charge in [-0.2, -0.15) is 4.99 Å². The maximum absolute atomic E-state index is 14.5. The van der Waals surface area contributed by atoms with Crippen molar-refractivity contribution in [1.82, 2.24) is 4.57 Å². The molecule has 8 nitrogen and oxygen atoms in total. The van der Waals surface area contributed by atoms with Gasteiger partial charge in [-0.25, -0.2) is 13.6 Å². The Kier molecular flexibility index (Phi) is 10.3. The van der Waals surface area contributed by atoms with Crippen LogP contribution in [0.3, 0.4) is 0 Å². The Bertz CT molecular complexity index is 1130. The summed E-state index contributed by atoms with van der Waals surface area (Å²) in [6, 6.07) is 1.62. The molecular formula is C23H31ClF2N4O4S. The molecule has 0 fully saturated rings. The number of nitrogens with one attached hydrogen (secondary N) is 1. The summed E-state index contributed by atoms with van der Waals surface area (Å²) in [5, 5.41) is 3.82. The number of aromatic nitrogens is 1. The van der Waals surface area contributed by atoms with Gasteiger partial charge in [0.15, 0.2) is 23.2 Å². The second kappa shape index (κ2) is 11.9. The minimum absolute atomic E-state index is 0. The van der Waals surface area contributed by atoms with Gasteiger partial charge in [0.25, 0.3) is 5.91 Å². The minimum atomic E-state index is -1.19. The number of carbonyl (C=O) groups is 3. The predicted octanol–water partition coefficient (Wildman–Crippen LogP) is 4.24. The highest BCUT2D eigenvalue weighted by Crippen LogP contribution is 2.24. The predicted molar refractivity (Wildman–Crippen MR) is 132 cm³/mol. The fourth-order valence-corrected chi connectivity index (χ4v) is 3.35. The highest BCUT2D eigenvalue weighted by atomic mass is 35.5. The number of esters is 1. The van der Waals surface area contributed by atoms with E-state index in [0.29, 0.717) is 0 Å². The number of halogens is 3. The normalized spacial score (nSPS) is 13.7. The lowest BCUT2D eigenvalue weighted by atomic mass is 9.90. The fraction of sp³-hybridized carbons (Fsp3) is 0.478. The lowest BCUT2D eigenvalue weighted by Crippen LogP contribution is -2.50. The molecule has 1 heterocycles. The molecule has 194 valence electrons. The van der Waals surface area contributed by atoms with Crippen molar-refractivity contribution in [3.8, 4) is 0 Å². The second-order valence-corrected chi connectivity index (χ2v) is 10.5. The first-order chi connectivity index (χ1) is 15.6. The summed E-state index contributed by atoms with van der Waals surface area (Å²) in [5.74, 6) is -4.42. The largest absolute Gasteiger partial charge is 0.442 e. The maximum Gasteiger partial charge on any atom is 0.327 e. The molecule has 12 heteroatoms. The smallest absolute Gasteiger partial charge is 0.327 e. The highest BCUT2D eigenvalue weighted by Gasteiger charge is 2.33. The van der Waals surface area contributed by atoms with E-state index in [-0.39, 0.29) is 47.3 Å². The van der Waals surface area contributed by atoms with Crippen molar-refractivity contribution in [2.24, 2.45) is 22.1 Å². The molecule has 2 amide bonds. The Balaban J connectivity index is 0.00000612. The first-order valence-corrected chi connectivity index (χ1v) is 11.5. The number of carbonyl (C=O) groups excluding carboxylic acids is 3. The molecule has 3 N–H and O–H groups in total. The fourth-order valence-electron chi connectivity index (χ4n) is 2.64. The molecule has 0 aliphatic carbocycles. The number of nitrogens with zero attached hydrogens (tertiary/aromatic N) is 2. The molecule has 1 aromatic heterocycles. The van der Waals surface area contributed by atoms with Gasteiger partial charge in [-0.05, 0) is 30.4 Å². The zero-order valence-electron chi connectivity index (χ0n) is 20.5. The van der Waals surface area contributed by atoms with Crippen molar-refractivity contribution in [3.05, 3.63) is 45.7 Å². The Labute approximate surface area is 213 Å². The van der Waals surface area contributed by atoms with E-state index in [1.807, 2.05) is 20.8 Å². The molecule has 1 aromatic carbocycles. The third-order valence-electron chi connectivity index (χ3n) is 5.08. The summed E-state index contributed by atoms with van der Waals surface area (Å²) < 4.78 is 35.6. The Morgan fingerprint density at radius 3 is 2.26 bits per heavy atom. The SMILES string of the molecule is CC(C)C(C)(N)C(=O)OCn1ccsc1=NC(=O)c1cc(F)c(NC(=O)CC(C)(C)C)c(F)c1.Cl. The van der Waals surface area contributed by atoms with Crippen molar-refractivity contribution in [1.29, 1.82) is 0 Å². The molecule has 1 unspecified atom stereocenters. The van der Waals surface area contributed by atoms with E-state index in [4.69, 9.17) is 10.5 Å². The zero-order chi connectivity index (χ0) is 25.8. The van der Waals surface area contributed by atoms with Crippen LogP contribution in [0.15, 0.2) is 28.7 Å². The average molecular weight is 533 g/mol. The number of amides is 2. The van der Waals surface area contributed by atoms with Crippen LogP contribution in [0.4, 0.5) is 14.5 Å². The quantitative estimate of drug-likeness (QED) is 0.517. The highest BCUT2D eigenvalue weighted by molar-refractivity contribution is 7.07. The van der Waals surface area contributed by atoms with Crippen LogP contribution in [-0.2, 0) is 21.1 Å². The van der Waals surface area contributed by atoms with Crippen LogP contribution in [0.2, 0.25) is 0 Å². The summed E-state index contributed by atoms with van der Waals surface area (Å²) in [6.07, 6.45) is 1.60. The Hall–Kier alpha value is -2.63. The molecular weight excluding hydrogens is 502 g/mol. The summed E-state index contributed by atoms with van der Waals surface area (Å²) >= 11 is 1.07. The molecule has 0 spiro atoms. The summed E-state index contributed by atoms with van der Waals surface area (Å²) in [7, 11) is 0. The van der Waals surface area contributed by atoms with Gasteiger partial charge >= 0.3 is 5.97 Å². The van der Waals surface area contributed by atoms with Gasteiger partial charge in [0.2, 0.25) is 5.91 Å². The molecule has 35 heavy (non-hydrogen) atoms. The standard InChI is InChI=1S/C23H30F2N4O4S.ClH/c1-13(2)23(6,26)20(32)33-12-29-7-8-34-21(29)28-19(31)14-9-15(24)18(16(25)10-14)27-17(30)11-22(3,4)5;/h7-10,13H,11-12,26H2,1-6H3,(H,27,30);1H. The summed E-state index contributed by atoms with van der Waals surface area (Å²) in [4.78, 5) is 40.9. The molecule has 0 radical (unpaired) electrons. The van der Waals surface area contributed by atoms with Gasteiger partial charge in [-0.15, -0.1) is 23.7 Å². The third-order valence-corrected chi connectivity index (χ3v) is 5.87. The average Bonchev–Trinajstić information content (AvgIpc) is 3.13. The van der Waals surface area contributed by atoms with Crippen molar-refractivity contribution < 1.29 is 27.9 Å². The van der Waals surface area contributed by atoms with Crippen LogP contribution >= 0.6 is 23.7 Å². The van der Waals surface area contributed by atoms with Crippen molar-refractivity contribution in [2.75, 3.05) is 5.32 Å². The minimum Gasteiger partial charge on any atom is -0.442 e. The van der Waals surface area contributed by atoms with Crippen LogP contribution in [0.25, 0.3) is 0 Å². The van der Waals surface area contributed by atoms with Gasteiger partial charge in [-0.1, -0.05) is 34.6 Å². The second-order valence-electron chi connectivity index (χ2n) is 9.67. The molecule has 0 aliphatic rings. The van der Waals surface area contributed by atoms with E-state index >= 15 is 0 Å². The maximum atomic E-state index is 14.5. The Morgan fingerprint density at radius 2 is 1.74 bits per heavy atom. The number of hydrogen-bond acceptors (Lipinski definition) is 6. The van der Waals surface area contributed by atoms with E-state index in [9.17, 15) is 23.2 Å². The summed E-state index contributed by atoms with van der Waals surface area (Å²) in [6.45, 7) is 10.4. The van der Waals surface area contributed by atoms with Gasteiger partial charge in [0.05, 0.1) is 0 Å². The van der Waals surface area contributed by atoms with E-state index in [1.165, 1.54) is 4.57 Å². The third kappa shape index (κ3) is 8.22. The zero-order valence-corrected chi connectivity index (χ0v) is 22.1. The number of nitrogens with two attached hydrogens (primary N) is 1. The molecule has 0 saturated heterocycles. The number of hydrogen-bond donors (Lipinski definition) is 2. The first-order valence-electron chi connectivity index (χ1n) is 10.6. The molecule has 0 bridgehead atoms. The van der Waals surface area contributed by atoms with Gasteiger partial charge in [-0.3, -0.25) is 14.2 Å². The Morgan fingerprint density at radius 1 is 1.17 bits per heavy atom. The first kappa shape index (κ1) is 30.4. The van der Waals surface area contributed by atoms with Crippen LogP contribution in [0.5, 0.6) is 0 Å². The van der Waals surface area contributed by atoms with Crippen LogP contribution in [0.1, 0.15) is 58.3 Å². The number of ether oxygens (including phenoxy) is 1. The van der Waals surface area contributed by atoms with Crippen LogP contribution in [0, 0.1) is 23.0 Å². The lowest BCUT2D eigenvalue weighted by Gasteiger charge is -2.26. The summed E-state index contributed by atoms with van der Waals surface area (Å²) in [5.41, 5.74) is 3.46. The van der Waals surface area contributed by atoms with Crippen LogP contribution in [-0.4, -0.2) is 27.9 Å². The number of thiazole rings is 1. The van der Waals surface area contributed by atoms with Crippen molar-refractivity contribution in [2.45, 2.75) is 60.2 Å². The monoisotopic (exact) mass is 532 g/mol.